The minimum Gasteiger partial charge on any atom is -0.412 e. The van der Waals surface area contributed by atoms with E-state index >= 15 is 0 Å². The summed E-state index contributed by atoms with van der Waals surface area (Å²) in [5.41, 5.74) is 6.31. The molecule has 0 aliphatic carbocycles. The van der Waals surface area contributed by atoms with E-state index in [1.54, 1.807) is 39.0 Å². The second-order valence-corrected chi connectivity index (χ2v) is 14.2. The van der Waals surface area contributed by atoms with Gasteiger partial charge in [-0.2, -0.15) is 0 Å². The maximum atomic E-state index is 9.87. The fraction of sp³-hybridized carbons (Fsp3) is 0.0625. The van der Waals surface area contributed by atoms with Crippen molar-refractivity contribution in [2.75, 3.05) is 14.2 Å². The number of methoxy groups -OCH3 is 2. The molecule has 0 saturated heterocycles. The predicted octanol–water partition coefficient (Wildman–Crippen LogP) is 12.4. The number of pyridine rings is 6. The number of hydrogen-bond acceptors (Lipinski definition) is 8. The van der Waals surface area contributed by atoms with Gasteiger partial charge < -0.3 is 14.9 Å². The van der Waals surface area contributed by atoms with Gasteiger partial charge in [0.2, 0.25) is 0 Å². The molecule has 0 unspecified atom stereocenters. The Labute approximate surface area is 320 Å². The van der Waals surface area contributed by atoms with Crippen LogP contribution in [-0.2, 0) is 16.8 Å². The third-order valence-electron chi connectivity index (χ3n) is 5.78. The fourth-order valence-corrected chi connectivity index (χ4v) is 3.83. The molecule has 0 aromatic carbocycles. The Bertz CT molecular complexity index is 1840. The maximum absolute atomic E-state index is 10.7. The first-order valence-electron chi connectivity index (χ1n) is 14.5. The van der Waals surface area contributed by atoms with Crippen LogP contribution in [0.4, 0.5) is 50.4 Å². The second-order valence-electron chi connectivity index (χ2n) is 10.3. The van der Waals surface area contributed by atoms with E-state index in [1.165, 1.54) is 0 Å². The van der Waals surface area contributed by atoms with E-state index in [0.29, 0.717) is 0 Å². The molecule has 0 fully saturated rings. The van der Waals surface area contributed by atoms with Gasteiger partial charge in [0.1, 0.15) is 11.5 Å². The number of nitrogens with zero attached hydrogens (tertiary/aromatic N) is 6. The van der Waals surface area contributed by atoms with Crippen LogP contribution in [0.15, 0.2) is 122 Å². The van der Waals surface area contributed by atoms with E-state index in [2.05, 4.69) is 29.9 Å². The van der Waals surface area contributed by atoms with Crippen LogP contribution in [0.25, 0.3) is 45.6 Å². The number of rotatable bonds is 6. The van der Waals surface area contributed by atoms with Crippen molar-refractivity contribution in [3.63, 3.8) is 0 Å². The van der Waals surface area contributed by atoms with E-state index < -0.39 is 15.6 Å². The minimum absolute atomic E-state index is 0. The Morgan fingerprint density at radius 2 is 0.571 bits per heavy atom. The van der Waals surface area contributed by atoms with Gasteiger partial charge in [-0.15, -0.1) is 0 Å². The maximum Gasteiger partial charge on any atom is 2.00 e. The van der Waals surface area contributed by atoms with Gasteiger partial charge in [0.25, 0.3) is 0 Å². The van der Waals surface area contributed by atoms with E-state index in [1.807, 2.05) is 97.1 Å². The topological polar surface area (TPSA) is 127 Å². The summed E-state index contributed by atoms with van der Waals surface area (Å²) in [5.74, 6) is 1.47. The van der Waals surface area contributed by atoms with Crippen LogP contribution in [0.2, 0.25) is 0 Å². The number of hydrogen-bond donors (Lipinski definition) is 0. The van der Waals surface area contributed by atoms with Crippen molar-refractivity contribution in [2.24, 2.45) is 0 Å². The minimum atomic E-state index is -10.7. The van der Waals surface area contributed by atoms with Crippen LogP contribution in [0, 0.1) is 0 Å². The van der Waals surface area contributed by atoms with E-state index in [0.717, 1.165) is 57.1 Å². The Hall–Kier alpha value is -5.01. The molecule has 9 nitrogen and oxygen atoms in total. The largest absolute Gasteiger partial charge is 2.00 e. The van der Waals surface area contributed by atoms with E-state index in [9.17, 15) is 50.4 Å². The Morgan fingerprint density at radius 1 is 0.375 bits per heavy atom. The van der Waals surface area contributed by atoms with Gasteiger partial charge >= 0.3 is 82.8 Å². The van der Waals surface area contributed by atoms with Crippen molar-refractivity contribution >= 4 is 15.6 Å². The first kappa shape index (κ1) is 49.0. The average Bonchev–Trinajstić information content (AvgIpc) is 3.10. The van der Waals surface area contributed by atoms with Crippen LogP contribution in [0.3, 0.4) is 0 Å². The van der Waals surface area contributed by atoms with Gasteiger partial charge in [0.05, 0.1) is 59.8 Å². The molecule has 24 heteroatoms. The molecule has 6 aromatic heterocycles. The average molecular weight is 893 g/mol. The van der Waals surface area contributed by atoms with Crippen LogP contribution < -0.4 is 9.47 Å². The molecule has 2 N–H and O–H groups in total. The fourth-order valence-electron chi connectivity index (χ4n) is 3.83. The molecule has 0 aliphatic heterocycles. The van der Waals surface area contributed by atoms with Gasteiger partial charge in [-0.25, -0.2) is 9.97 Å². The molecular formula is C32H28CoF12N6O3P2. The first-order chi connectivity index (χ1) is 24.6. The predicted molar refractivity (Wildman–Crippen MR) is 185 cm³/mol. The summed E-state index contributed by atoms with van der Waals surface area (Å²) in [6, 6.07) is 30.4. The SMILES string of the molecule is COc1cc(-c2ccccn2)nc(-c2ccccn2)c1.COc1cc(-c2ccccn2)nc(-c2ccccn2)c1.F[P-](F)(F)(F)(F)F.F[P-](F)(F)(F)(F)F.O.[Co+2]. The van der Waals surface area contributed by atoms with Crippen LogP contribution in [0.1, 0.15) is 0 Å². The molecule has 0 atom stereocenters. The van der Waals surface area contributed by atoms with Crippen LogP contribution in [-0.4, -0.2) is 49.6 Å². The summed E-state index contributed by atoms with van der Waals surface area (Å²) in [6.07, 6.45) is 6.99. The zero-order valence-electron chi connectivity index (χ0n) is 28.3. The Kier molecular flexibility index (Phi) is 15.2. The zero-order valence-corrected chi connectivity index (χ0v) is 31.1. The molecule has 0 bridgehead atoms. The van der Waals surface area contributed by atoms with Crippen LogP contribution in [0.5, 0.6) is 11.5 Å². The van der Waals surface area contributed by atoms with Crippen molar-refractivity contribution < 1.29 is 82.1 Å². The van der Waals surface area contributed by atoms with E-state index in [-0.39, 0.29) is 22.3 Å². The van der Waals surface area contributed by atoms with Crippen molar-refractivity contribution in [2.45, 2.75) is 0 Å². The standard InChI is InChI=1S/2C16H13N3O.Co.2F6P.H2O/c2*1-20-12-10-15(13-6-2-4-8-17-13)19-16(11-12)14-7-3-5-9-18-14;;2*1-7(2,3,4,5)6;/h2*2-11H,1H3;;;;1H2/q;;+2;2*-1;. The van der Waals surface area contributed by atoms with Gasteiger partial charge in [-0.1, -0.05) is 24.3 Å². The van der Waals surface area contributed by atoms with Crippen molar-refractivity contribution in [1.29, 1.82) is 0 Å². The molecule has 6 aromatic rings. The van der Waals surface area contributed by atoms with Gasteiger partial charge in [-0.3, -0.25) is 19.9 Å². The normalized spacial score (nSPS) is 13.1. The molecule has 0 spiro atoms. The Balaban J connectivity index is 0.000000411. The summed E-state index contributed by atoms with van der Waals surface area (Å²) < 4.78 is 129. The van der Waals surface area contributed by atoms with Crippen LogP contribution >= 0.6 is 15.6 Å². The molecule has 0 aliphatic rings. The van der Waals surface area contributed by atoms with Crippen molar-refractivity contribution in [3.8, 4) is 57.1 Å². The zero-order chi connectivity index (χ0) is 40.4. The molecular weight excluding hydrogens is 865 g/mol. The monoisotopic (exact) mass is 893 g/mol. The molecule has 6 rings (SSSR count). The summed E-state index contributed by atoms with van der Waals surface area (Å²) in [6.45, 7) is 0. The summed E-state index contributed by atoms with van der Waals surface area (Å²) in [7, 11) is -18.0. The molecule has 0 saturated carbocycles. The third kappa shape index (κ3) is 22.4. The molecule has 6 heterocycles. The third-order valence-corrected chi connectivity index (χ3v) is 5.78. The molecule has 0 amide bonds. The van der Waals surface area contributed by atoms with Gasteiger partial charge in [0.15, 0.2) is 0 Å². The summed E-state index contributed by atoms with van der Waals surface area (Å²) >= 11 is 0. The molecule has 56 heavy (non-hydrogen) atoms. The first-order valence-corrected chi connectivity index (χ1v) is 18.6. The van der Waals surface area contributed by atoms with E-state index in [4.69, 9.17) is 9.47 Å². The summed E-state index contributed by atoms with van der Waals surface area (Å²) in [4.78, 5) is 26.5. The number of aromatic nitrogens is 6. The van der Waals surface area contributed by atoms with Gasteiger partial charge in [0, 0.05) is 49.1 Å². The second kappa shape index (κ2) is 17.4. The van der Waals surface area contributed by atoms with Gasteiger partial charge in [-0.05, 0) is 48.5 Å². The summed E-state index contributed by atoms with van der Waals surface area (Å²) in [5, 5.41) is 0. The molecule has 1 radical (unpaired) electrons. The quantitative estimate of drug-likeness (QED) is 0.119. The van der Waals surface area contributed by atoms with Crippen molar-refractivity contribution in [3.05, 3.63) is 122 Å². The number of halogens is 12. The number of ether oxygens (including phenoxy) is 2. The smallest absolute Gasteiger partial charge is 0.412 e. The Morgan fingerprint density at radius 3 is 0.714 bits per heavy atom. The molecule has 307 valence electrons. The van der Waals surface area contributed by atoms with Crippen molar-refractivity contribution in [1.82, 2.24) is 29.9 Å².